The van der Waals surface area contributed by atoms with Crippen LogP contribution in [0.4, 0.5) is 0 Å². The molecule has 0 aliphatic rings. The number of benzene rings is 4. The van der Waals surface area contributed by atoms with Gasteiger partial charge < -0.3 is 4.90 Å². The van der Waals surface area contributed by atoms with Gasteiger partial charge in [-0.2, -0.15) is 5.10 Å². The number of nitrogens with zero attached hydrogens (tertiary/aromatic N) is 3. The van der Waals surface area contributed by atoms with Gasteiger partial charge in [-0.05, 0) is 48.2 Å². The van der Waals surface area contributed by atoms with Crippen molar-refractivity contribution in [1.82, 2.24) is 14.7 Å². The summed E-state index contributed by atoms with van der Waals surface area (Å²) in [5.41, 5.74) is 6.63. The molecular weight excluding hydrogens is 442 g/mol. The van der Waals surface area contributed by atoms with Gasteiger partial charge in [0.1, 0.15) is 5.69 Å². The Balaban J connectivity index is 1.54. The molecule has 0 atom stereocenters. The zero-order chi connectivity index (χ0) is 24.7. The second-order valence-corrected chi connectivity index (χ2v) is 8.98. The first kappa shape index (κ1) is 23.3. The first-order chi connectivity index (χ1) is 17.7. The van der Waals surface area contributed by atoms with Crippen LogP contribution in [0.2, 0.25) is 0 Å². The van der Waals surface area contributed by atoms with Gasteiger partial charge >= 0.3 is 0 Å². The summed E-state index contributed by atoms with van der Waals surface area (Å²) >= 11 is 0. The van der Waals surface area contributed by atoms with Crippen LogP contribution in [0.1, 0.15) is 27.2 Å². The highest BCUT2D eigenvalue weighted by Gasteiger charge is 2.23. The van der Waals surface area contributed by atoms with E-state index in [-0.39, 0.29) is 5.91 Å². The van der Waals surface area contributed by atoms with Crippen molar-refractivity contribution in [2.24, 2.45) is 0 Å². The largest absolute Gasteiger partial charge is 0.333 e. The number of rotatable bonds is 8. The summed E-state index contributed by atoms with van der Waals surface area (Å²) in [6.45, 7) is 3.19. The van der Waals surface area contributed by atoms with Crippen molar-refractivity contribution < 1.29 is 4.79 Å². The van der Waals surface area contributed by atoms with Gasteiger partial charge in [-0.25, -0.2) is 4.68 Å². The third-order valence-corrected chi connectivity index (χ3v) is 6.26. The van der Waals surface area contributed by atoms with Gasteiger partial charge in [0, 0.05) is 18.7 Å². The third kappa shape index (κ3) is 5.44. The number of carbonyl (C=O) groups excluding carboxylic acids is 1. The van der Waals surface area contributed by atoms with E-state index in [0.29, 0.717) is 18.8 Å². The van der Waals surface area contributed by atoms with E-state index >= 15 is 0 Å². The lowest BCUT2D eigenvalue weighted by Crippen LogP contribution is -2.34. The fourth-order valence-electron chi connectivity index (χ4n) is 4.37. The molecule has 1 aromatic heterocycles. The van der Waals surface area contributed by atoms with Gasteiger partial charge in [-0.15, -0.1) is 0 Å². The fraction of sp³-hybridized carbons (Fsp3) is 0.125. The van der Waals surface area contributed by atoms with E-state index in [9.17, 15) is 4.79 Å². The predicted octanol–water partition coefficient (Wildman–Crippen LogP) is 6.73. The van der Waals surface area contributed by atoms with Gasteiger partial charge in [-0.3, -0.25) is 4.79 Å². The van der Waals surface area contributed by atoms with Crippen LogP contribution in [0.15, 0.2) is 121 Å². The number of hydrogen-bond donors (Lipinski definition) is 0. The second kappa shape index (κ2) is 10.9. The Hall–Kier alpha value is -4.44. The van der Waals surface area contributed by atoms with E-state index in [1.807, 2.05) is 103 Å². The zero-order valence-electron chi connectivity index (χ0n) is 20.4. The molecule has 0 aliphatic carbocycles. The maximum Gasteiger partial charge on any atom is 0.272 e. The van der Waals surface area contributed by atoms with E-state index in [4.69, 9.17) is 5.10 Å². The van der Waals surface area contributed by atoms with Crippen LogP contribution in [-0.2, 0) is 13.0 Å². The Morgan fingerprint density at radius 1 is 0.750 bits per heavy atom. The molecule has 1 amide bonds. The van der Waals surface area contributed by atoms with Crippen LogP contribution < -0.4 is 0 Å². The molecule has 4 aromatic carbocycles. The van der Waals surface area contributed by atoms with Crippen LogP contribution in [0, 0.1) is 6.92 Å². The van der Waals surface area contributed by atoms with Crippen molar-refractivity contribution in [2.75, 3.05) is 6.54 Å². The van der Waals surface area contributed by atoms with Crippen molar-refractivity contribution in [3.05, 3.63) is 144 Å². The Kier molecular flexibility index (Phi) is 7.04. The zero-order valence-corrected chi connectivity index (χ0v) is 20.4. The Bertz CT molecular complexity index is 1430. The molecule has 0 bridgehead atoms. The van der Waals surface area contributed by atoms with Crippen molar-refractivity contribution in [2.45, 2.75) is 19.9 Å². The lowest BCUT2D eigenvalue weighted by Gasteiger charge is -2.23. The summed E-state index contributed by atoms with van der Waals surface area (Å²) in [6.07, 6.45) is 0.781. The molecule has 178 valence electrons. The van der Waals surface area contributed by atoms with Gasteiger partial charge in [-0.1, -0.05) is 103 Å². The summed E-state index contributed by atoms with van der Waals surface area (Å²) in [5, 5.41) is 4.89. The van der Waals surface area contributed by atoms with Crippen LogP contribution >= 0.6 is 0 Å². The maximum absolute atomic E-state index is 14.2. The minimum atomic E-state index is -0.0361. The Morgan fingerprint density at radius 2 is 1.39 bits per heavy atom. The summed E-state index contributed by atoms with van der Waals surface area (Å²) in [5.74, 6) is -0.0361. The molecule has 36 heavy (non-hydrogen) atoms. The number of amides is 1. The summed E-state index contributed by atoms with van der Waals surface area (Å²) < 4.78 is 1.79. The van der Waals surface area contributed by atoms with Crippen LogP contribution in [0.5, 0.6) is 0 Å². The molecule has 0 N–H and O–H groups in total. The monoisotopic (exact) mass is 471 g/mol. The lowest BCUT2D eigenvalue weighted by molar-refractivity contribution is 0.0736. The SMILES string of the molecule is Cc1cccc(-n2nc(-c3ccccc3)cc2C(=O)N(CCc2ccccc2)Cc2ccccc2)c1. The molecule has 0 radical (unpaired) electrons. The molecule has 0 saturated heterocycles. The molecule has 5 aromatic rings. The first-order valence-corrected chi connectivity index (χ1v) is 12.3. The quantitative estimate of drug-likeness (QED) is 0.252. The standard InChI is InChI=1S/C32H29N3O/c1-25-12-11-19-29(22-25)35-31(23-30(33-35)28-17-9-4-10-18-28)32(36)34(24-27-15-7-3-8-16-27)21-20-26-13-5-2-6-14-26/h2-19,22-23H,20-21,24H2,1H3. The van der Waals surface area contributed by atoms with Gasteiger partial charge in [0.25, 0.3) is 5.91 Å². The average molecular weight is 472 g/mol. The lowest BCUT2D eigenvalue weighted by atomic mass is 10.1. The number of carbonyl (C=O) groups is 1. The summed E-state index contributed by atoms with van der Waals surface area (Å²) in [4.78, 5) is 16.1. The average Bonchev–Trinajstić information content (AvgIpc) is 3.38. The van der Waals surface area contributed by atoms with Crippen LogP contribution in [-0.4, -0.2) is 27.1 Å². The van der Waals surface area contributed by atoms with E-state index < -0.39 is 0 Å². The highest BCUT2D eigenvalue weighted by atomic mass is 16.2. The smallest absolute Gasteiger partial charge is 0.272 e. The molecule has 0 fully saturated rings. The van der Waals surface area contributed by atoms with Crippen LogP contribution in [0.3, 0.4) is 0 Å². The predicted molar refractivity (Wildman–Crippen MR) is 145 cm³/mol. The molecule has 0 unspecified atom stereocenters. The van der Waals surface area contributed by atoms with Crippen molar-refractivity contribution in [3.8, 4) is 16.9 Å². The molecule has 0 saturated carbocycles. The summed E-state index contributed by atoms with van der Waals surface area (Å²) in [6, 6.07) is 40.5. The van der Waals surface area contributed by atoms with E-state index in [0.717, 1.165) is 34.5 Å². The van der Waals surface area contributed by atoms with Crippen molar-refractivity contribution in [3.63, 3.8) is 0 Å². The van der Waals surface area contributed by atoms with Gasteiger partial charge in [0.2, 0.25) is 0 Å². The van der Waals surface area contributed by atoms with Crippen molar-refractivity contribution in [1.29, 1.82) is 0 Å². The minimum Gasteiger partial charge on any atom is -0.333 e. The van der Waals surface area contributed by atoms with Gasteiger partial charge in [0.15, 0.2) is 0 Å². The molecule has 0 spiro atoms. The number of aromatic nitrogens is 2. The topological polar surface area (TPSA) is 38.1 Å². The molecule has 1 heterocycles. The second-order valence-electron chi connectivity index (χ2n) is 8.98. The summed E-state index contributed by atoms with van der Waals surface area (Å²) in [7, 11) is 0. The normalized spacial score (nSPS) is 10.8. The minimum absolute atomic E-state index is 0.0361. The maximum atomic E-state index is 14.2. The number of hydrogen-bond acceptors (Lipinski definition) is 2. The third-order valence-electron chi connectivity index (χ3n) is 6.26. The molecule has 4 heteroatoms. The molecule has 5 rings (SSSR count). The number of aryl methyl sites for hydroxylation is 1. The highest BCUT2D eigenvalue weighted by molar-refractivity contribution is 5.94. The molecular formula is C32H29N3O. The Morgan fingerprint density at radius 3 is 2.06 bits per heavy atom. The highest BCUT2D eigenvalue weighted by Crippen LogP contribution is 2.24. The van der Waals surface area contributed by atoms with E-state index in [1.165, 1.54) is 5.56 Å². The Labute approximate surface area is 212 Å². The molecule has 4 nitrogen and oxygen atoms in total. The van der Waals surface area contributed by atoms with Gasteiger partial charge in [0.05, 0.1) is 11.4 Å². The van der Waals surface area contributed by atoms with Crippen molar-refractivity contribution >= 4 is 5.91 Å². The van der Waals surface area contributed by atoms with E-state index in [1.54, 1.807) is 4.68 Å². The first-order valence-electron chi connectivity index (χ1n) is 12.3. The van der Waals surface area contributed by atoms with Crippen LogP contribution in [0.25, 0.3) is 16.9 Å². The molecule has 0 aliphatic heterocycles. The van der Waals surface area contributed by atoms with E-state index in [2.05, 4.69) is 30.3 Å². The fourth-order valence-corrected chi connectivity index (χ4v) is 4.37.